The van der Waals surface area contributed by atoms with Crippen LogP contribution in [0.3, 0.4) is 0 Å². The van der Waals surface area contributed by atoms with E-state index in [4.69, 9.17) is 11.2 Å². The Hall–Kier alpha value is -0.980. The van der Waals surface area contributed by atoms with Crippen LogP contribution in [-0.2, 0) is 6.54 Å². The molecule has 1 N–H and O–H groups in total. The van der Waals surface area contributed by atoms with E-state index in [1.807, 2.05) is 12.1 Å². The van der Waals surface area contributed by atoms with Crippen molar-refractivity contribution in [3.63, 3.8) is 0 Å². The van der Waals surface area contributed by atoms with Crippen molar-refractivity contribution in [1.82, 2.24) is 5.32 Å². The van der Waals surface area contributed by atoms with E-state index in [0.717, 1.165) is 28.9 Å². The molecule has 0 heterocycles. The Balaban J connectivity index is 2.60. The first kappa shape index (κ1) is 16.1. The lowest BCUT2D eigenvalue weighted by Gasteiger charge is -2.17. The van der Waals surface area contributed by atoms with Crippen molar-refractivity contribution >= 4 is 15.9 Å². The molecule has 0 radical (unpaired) electrons. The predicted molar refractivity (Wildman–Crippen MR) is 84.2 cm³/mol. The molecule has 104 valence electrons. The number of benzene rings is 1. The summed E-state index contributed by atoms with van der Waals surface area (Å²) in [5, 5.41) is 3.47. The van der Waals surface area contributed by atoms with Crippen LogP contribution in [0.5, 0.6) is 5.75 Å². The smallest absolute Gasteiger partial charge is 0.148 e. The van der Waals surface area contributed by atoms with E-state index < -0.39 is 0 Å². The Morgan fingerprint density at radius 3 is 2.74 bits per heavy atom. The summed E-state index contributed by atoms with van der Waals surface area (Å²) < 4.78 is 6.60. The Kier molecular flexibility index (Phi) is 6.97. The molecule has 0 saturated carbocycles. The first-order chi connectivity index (χ1) is 9.04. The van der Waals surface area contributed by atoms with Gasteiger partial charge in [0.2, 0.25) is 0 Å². The number of hydrogen-bond acceptors (Lipinski definition) is 2. The van der Waals surface area contributed by atoms with Crippen molar-refractivity contribution in [3.05, 3.63) is 28.2 Å². The second kappa shape index (κ2) is 8.24. The zero-order chi connectivity index (χ0) is 14.3. The molecule has 19 heavy (non-hydrogen) atoms. The molecule has 0 aliphatic rings. The SMILES string of the molecule is C#CCOc1ccc(Br)cc1CNCC(C)C(C)C. The van der Waals surface area contributed by atoms with Gasteiger partial charge in [0.25, 0.3) is 0 Å². The molecule has 0 amide bonds. The van der Waals surface area contributed by atoms with Crippen LogP contribution in [0.1, 0.15) is 26.3 Å². The van der Waals surface area contributed by atoms with Gasteiger partial charge in [-0.1, -0.05) is 42.6 Å². The van der Waals surface area contributed by atoms with Crippen LogP contribution in [0, 0.1) is 24.2 Å². The molecular weight excluding hydrogens is 302 g/mol. The third-order valence-corrected chi connectivity index (χ3v) is 3.75. The number of nitrogens with one attached hydrogen (secondary N) is 1. The first-order valence-corrected chi connectivity index (χ1v) is 7.39. The van der Waals surface area contributed by atoms with Gasteiger partial charge in [0, 0.05) is 16.6 Å². The molecule has 1 unspecified atom stereocenters. The fraction of sp³-hybridized carbons (Fsp3) is 0.500. The largest absolute Gasteiger partial charge is 0.481 e. The fourth-order valence-corrected chi connectivity index (χ4v) is 2.03. The third-order valence-electron chi connectivity index (χ3n) is 3.25. The van der Waals surface area contributed by atoms with Gasteiger partial charge >= 0.3 is 0 Å². The molecule has 0 saturated heterocycles. The molecule has 3 heteroatoms. The zero-order valence-electron chi connectivity index (χ0n) is 11.9. The van der Waals surface area contributed by atoms with Crippen molar-refractivity contribution in [1.29, 1.82) is 0 Å². The minimum Gasteiger partial charge on any atom is -0.481 e. The highest BCUT2D eigenvalue weighted by Crippen LogP contribution is 2.23. The quantitative estimate of drug-likeness (QED) is 0.770. The van der Waals surface area contributed by atoms with Gasteiger partial charge in [-0.15, -0.1) is 6.42 Å². The third kappa shape index (κ3) is 5.67. The van der Waals surface area contributed by atoms with Gasteiger partial charge in [-0.05, 0) is 36.6 Å². The van der Waals surface area contributed by atoms with Gasteiger partial charge in [-0.25, -0.2) is 0 Å². The van der Waals surface area contributed by atoms with Crippen LogP contribution in [0.15, 0.2) is 22.7 Å². The summed E-state index contributed by atoms with van der Waals surface area (Å²) in [6.45, 7) is 8.83. The number of rotatable bonds is 7. The van der Waals surface area contributed by atoms with Crippen LogP contribution in [0.25, 0.3) is 0 Å². The average Bonchev–Trinajstić information content (AvgIpc) is 2.37. The van der Waals surface area contributed by atoms with E-state index in [0.29, 0.717) is 18.4 Å². The maximum absolute atomic E-state index is 5.55. The second-order valence-corrected chi connectivity index (χ2v) is 6.01. The normalized spacial score (nSPS) is 12.2. The van der Waals surface area contributed by atoms with Crippen molar-refractivity contribution in [2.75, 3.05) is 13.2 Å². The second-order valence-electron chi connectivity index (χ2n) is 5.10. The molecule has 0 fully saturated rings. The van der Waals surface area contributed by atoms with Crippen LogP contribution in [0.2, 0.25) is 0 Å². The van der Waals surface area contributed by atoms with Crippen LogP contribution in [0.4, 0.5) is 0 Å². The van der Waals surface area contributed by atoms with E-state index in [-0.39, 0.29) is 0 Å². The molecule has 1 aromatic rings. The maximum atomic E-state index is 5.55. The van der Waals surface area contributed by atoms with Crippen molar-refractivity contribution in [2.45, 2.75) is 27.3 Å². The topological polar surface area (TPSA) is 21.3 Å². The summed E-state index contributed by atoms with van der Waals surface area (Å²) in [5.41, 5.74) is 1.13. The van der Waals surface area contributed by atoms with E-state index in [9.17, 15) is 0 Å². The van der Waals surface area contributed by atoms with Gasteiger partial charge < -0.3 is 10.1 Å². The number of terminal acetylenes is 1. The van der Waals surface area contributed by atoms with Crippen molar-refractivity contribution < 1.29 is 4.74 Å². The van der Waals surface area contributed by atoms with Gasteiger partial charge in [-0.3, -0.25) is 0 Å². The van der Waals surface area contributed by atoms with Gasteiger partial charge in [0.1, 0.15) is 12.4 Å². The van der Waals surface area contributed by atoms with E-state index in [2.05, 4.69) is 54.0 Å². The maximum Gasteiger partial charge on any atom is 0.148 e. The molecule has 2 nitrogen and oxygen atoms in total. The summed E-state index contributed by atoms with van der Waals surface area (Å²) in [7, 11) is 0. The summed E-state index contributed by atoms with van der Waals surface area (Å²) in [6, 6.07) is 5.98. The fourth-order valence-electron chi connectivity index (χ4n) is 1.62. The first-order valence-electron chi connectivity index (χ1n) is 6.60. The summed E-state index contributed by atoms with van der Waals surface area (Å²) in [5.74, 6) is 4.69. The highest BCUT2D eigenvalue weighted by Gasteiger charge is 2.08. The van der Waals surface area contributed by atoms with Crippen LogP contribution in [-0.4, -0.2) is 13.2 Å². The zero-order valence-corrected chi connectivity index (χ0v) is 13.5. The highest BCUT2D eigenvalue weighted by molar-refractivity contribution is 9.10. The molecular formula is C16H22BrNO. The lowest BCUT2D eigenvalue weighted by atomic mass is 9.98. The summed E-state index contributed by atoms with van der Waals surface area (Å²) in [4.78, 5) is 0. The van der Waals surface area contributed by atoms with E-state index in [1.54, 1.807) is 0 Å². The monoisotopic (exact) mass is 323 g/mol. The van der Waals surface area contributed by atoms with Crippen molar-refractivity contribution in [2.24, 2.45) is 11.8 Å². The van der Waals surface area contributed by atoms with E-state index in [1.165, 1.54) is 0 Å². The van der Waals surface area contributed by atoms with Crippen LogP contribution >= 0.6 is 15.9 Å². The highest BCUT2D eigenvalue weighted by atomic mass is 79.9. The van der Waals surface area contributed by atoms with Crippen molar-refractivity contribution in [3.8, 4) is 18.1 Å². The lowest BCUT2D eigenvalue weighted by molar-refractivity contribution is 0.360. The molecule has 1 aromatic carbocycles. The predicted octanol–water partition coefficient (Wildman–Crippen LogP) is 3.84. The van der Waals surface area contributed by atoms with Gasteiger partial charge in [0.15, 0.2) is 0 Å². The van der Waals surface area contributed by atoms with Gasteiger partial charge in [0.05, 0.1) is 0 Å². The number of hydrogen-bond donors (Lipinski definition) is 1. The minimum absolute atomic E-state index is 0.303. The Bertz CT molecular complexity index is 437. The summed E-state index contributed by atoms with van der Waals surface area (Å²) >= 11 is 3.48. The van der Waals surface area contributed by atoms with Crippen LogP contribution < -0.4 is 10.1 Å². The number of ether oxygens (including phenoxy) is 1. The Morgan fingerprint density at radius 1 is 1.37 bits per heavy atom. The lowest BCUT2D eigenvalue weighted by Crippen LogP contribution is -2.24. The molecule has 0 aromatic heterocycles. The molecule has 0 aliphatic carbocycles. The van der Waals surface area contributed by atoms with Gasteiger partial charge in [-0.2, -0.15) is 0 Å². The average molecular weight is 324 g/mol. The molecule has 0 spiro atoms. The van der Waals surface area contributed by atoms with E-state index >= 15 is 0 Å². The molecule has 1 rings (SSSR count). The Morgan fingerprint density at radius 2 is 2.11 bits per heavy atom. The molecule has 0 bridgehead atoms. The molecule has 0 aliphatic heterocycles. The minimum atomic E-state index is 0.303. The molecule has 1 atom stereocenters. The standard InChI is InChI=1S/C16H22BrNO/c1-5-8-19-16-7-6-15(17)9-14(16)11-18-10-13(4)12(2)3/h1,6-7,9,12-13,18H,8,10-11H2,2-4H3. The number of halogens is 1. The Labute approximate surface area is 125 Å². The summed E-state index contributed by atoms with van der Waals surface area (Å²) in [6.07, 6.45) is 5.23.